The molecule has 146 valence electrons. The van der Waals surface area contributed by atoms with E-state index in [-0.39, 0.29) is 16.4 Å². The van der Waals surface area contributed by atoms with E-state index in [1.165, 1.54) is 6.07 Å². The van der Waals surface area contributed by atoms with E-state index in [1.807, 2.05) is 6.07 Å². The molecule has 1 atom stereocenters. The van der Waals surface area contributed by atoms with Crippen LogP contribution in [0.1, 0.15) is 35.2 Å². The molecule has 0 aromatic heterocycles. The van der Waals surface area contributed by atoms with Gasteiger partial charge in [-0.25, -0.2) is 0 Å². The van der Waals surface area contributed by atoms with Crippen LogP contribution in [0.3, 0.4) is 0 Å². The third-order valence-corrected chi connectivity index (χ3v) is 5.79. The number of piperidine rings is 1. The molecule has 1 unspecified atom stereocenters. The predicted molar refractivity (Wildman–Crippen MR) is 107 cm³/mol. The molecule has 0 spiro atoms. The van der Waals surface area contributed by atoms with Crippen LogP contribution in [0, 0.1) is 16.0 Å². The van der Waals surface area contributed by atoms with E-state index >= 15 is 0 Å². The summed E-state index contributed by atoms with van der Waals surface area (Å²) in [4.78, 5) is 26.0. The number of hydrazine groups is 1. The van der Waals surface area contributed by atoms with Crippen LogP contribution in [0.25, 0.3) is 0 Å². The van der Waals surface area contributed by atoms with Crippen molar-refractivity contribution in [3.63, 3.8) is 0 Å². The lowest BCUT2D eigenvalue weighted by molar-refractivity contribution is -0.384. The topological polar surface area (TPSA) is 87.5 Å². The Morgan fingerprint density at radius 3 is 2.43 bits per heavy atom. The summed E-state index contributed by atoms with van der Waals surface area (Å²) < 4.78 is 0. The summed E-state index contributed by atoms with van der Waals surface area (Å²) in [5.74, 6) is 0.387. The second-order valence-corrected chi connectivity index (χ2v) is 7.45. The smallest absolute Gasteiger partial charge is 0.293 e. The predicted octanol–water partition coefficient (Wildman–Crippen LogP) is 2.91. The van der Waals surface area contributed by atoms with Crippen LogP contribution < -0.4 is 15.8 Å². The van der Waals surface area contributed by atoms with Crippen LogP contribution in [0.2, 0.25) is 0 Å². The van der Waals surface area contributed by atoms with Gasteiger partial charge >= 0.3 is 0 Å². The maximum Gasteiger partial charge on any atom is 0.293 e. The van der Waals surface area contributed by atoms with Crippen LogP contribution in [-0.2, 0) is 0 Å². The molecule has 2 aliphatic heterocycles. The lowest BCUT2D eigenvalue weighted by atomic mass is 9.88. The van der Waals surface area contributed by atoms with Crippen LogP contribution in [0.4, 0.5) is 11.4 Å². The van der Waals surface area contributed by atoms with Gasteiger partial charge in [0.2, 0.25) is 0 Å². The molecule has 2 fully saturated rings. The molecule has 0 aliphatic carbocycles. The molecule has 2 N–H and O–H groups in total. The maximum absolute atomic E-state index is 12.6. The highest BCUT2D eigenvalue weighted by atomic mass is 16.6. The van der Waals surface area contributed by atoms with Gasteiger partial charge in [-0.15, -0.1) is 0 Å². The van der Waals surface area contributed by atoms with Crippen molar-refractivity contribution in [2.45, 2.75) is 25.3 Å². The summed E-state index contributed by atoms with van der Waals surface area (Å²) in [7, 11) is 0. The monoisotopic (exact) mass is 380 g/mol. The number of rotatable bonds is 5. The minimum atomic E-state index is -0.383. The zero-order valence-corrected chi connectivity index (χ0v) is 15.6. The number of nitro benzene ring substituents is 1. The molecule has 7 heteroatoms. The fraction of sp³-hybridized carbons (Fsp3) is 0.381. The third-order valence-electron chi connectivity index (χ3n) is 5.79. The largest absolute Gasteiger partial charge is 0.366 e. The number of carbonyl (C=O) groups is 1. The van der Waals surface area contributed by atoms with Gasteiger partial charge in [-0.05, 0) is 37.3 Å². The van der Waals surface area contributed by atoms with Gasteiger partial charge in [0.1, 0.15) is 5.69 Å². The fourth-order valence-corrected chi connectivity index (χ4v) is 4.23. The van der Waals surface area contributed by atoms with E-state index in [2.05, 4.69) is 15.8 Å². The van der Waals surface area contributed by atoms with Crippen molar-refractivity contribution in [3.05, 3.63) is 69.8 Å². The van der Waals surface area contributed by atoms with Crippen LogP contribution in [0.15, 0.2) is 48.5 Å². The second-order valence-electron chi connectivity index (χ2n) is 7.45. The summed E-state index contributed by atoms with van der Waals surface area (Å²) in [6.07, 6.45) is 3.13. The Bertz CT molecular complexity index is 857. The minimum absolute atomic E-state index is 0.000823. The average Bonchev–Trinajstić information content (AvgIpc) is 3.28. The Labute approximate surface area is 163 Å². The minimum Gasteiger partial charge on any atom is -0.366 e. The molecule has 7 nitrogen and oxygen atoms in total. The number of ketones is 1. The number of nitro groups is 1. The lowest BCUT2D eigenvalue weighted by Gasteiger charge is -2.35. The highest BCUT2D eigenvalue weighted by molar-refractivity contribution is 6.09. The van der Waals surface area contributed by atoms with Crippen molar-refractivity contribution >= 4 is 17.2 Å². The van der Waals surface area contributed by atoms with Gasteiger partial charge < -0.3 is 4.90 Å². The van der Waals surface area contributed by atoms with Gasteiger partial charge in [-0.1, -0.05) is 30.3 Å². The van der Waals surface area contributed by atoms with Crippen molar-refractivity contribution in [1.82, 2.24) is 10.9 Å². The van der Waals surface area contributed by atoms with Gasteiger partial charge in [-0.3, -0.25) is 25.8 Å². The number of anilines is 1. The number of benzene rings is 2. The normalized spacial score (nSPS) is 20.3. The van der Waals surface area contributed by atoms with Crippen molar-refractivity contribution in [3.8, 4) is 0 Å². The maximum atomic E-state index is 12.6. The summed E-state index contributed by atoms with van der Waals surface area (Å²) in [6.45, 7) is 2.57. The Kier molecular flexibility index (Phi) is 5.36. The molecule has 2 heterocycles. The number of hydrogen-bond acceptors (Lipinski definition) is 6. The summed E-state index contributed by atoms with van der Waals surface area (Å²) in [5.41, 5.74) is 7.99. The highest BCUT2D eigenvalue weighted by Crippen LogP contribution is 2.34. The van der Waals surface area contributed by atoms with E-state index in [1.54, 1.807) is 36.4 Å². The molecule has 4 rings (SSSR count). The molecule has 28 heavy (non-hydrogen) atoms. The van der Waals surface area contributed by atoms with E-state index in [9.17, 15) is 14.9 Å². The Morgan fingerprint density at radius 1 is 1.04 bits per heavy atom. The van der Waals surface area contributed by atoms with Crippen molar-refractivity contribution in [2.24, 2.45) is 5.92 Å². The molecule has 2 aromatic carbocycles. The van der Waals surface area contributed by atoms with Gasteiger partial charge in [0.05, 0.1) is 4.92 Å². The van der Waals surface area contributed by atoms with Gasteiger partial charge in [0.25, 0.3) is 5.69 Å². The van der Waals surface area contributed by atoms with E-state index < -0.39 is 0 Å². The standard InChI is InChI=1S/C21H24N4O3/c26-21(16-4-2-1-3-5-16)17-6-7-19(20(14-17)25(27)28)24-12-9-15(10-13-24)18-8-11-22-23-18/h1-7,14-15,18,22-23H,8-13H2. The van der Waals surface area contributed by atoms with Crippen LogP contribution in [-0.4, -0.2) is 36.4 Å². The molecule has 0 amide bonds. The summed E-state index contributed by atoms with van der Waals surface area (Å²) >= 11 is 0. The van der Waals surface area contributed by atoms with E-state index in [0.717, 1.165) is 38.9 Å². The fourth-order valence-electron chi connectivity index (χ4n) is 4.23. The molecule has 2 saturated heterocycles. The third kappa shape index (κ3) is 3.76. The Hall–Kier alpha value is -2.77. The molecular weight excluding hydrogens is 356 g/mol. The SMILES string of the molecule is O=C(c1ccccc1)c1ccc(N2CCC(C3CCNN3)CC2)c([N+](=O)[O-])c1. The average molecular weight is 380 g/mol. The lowest BCUT2D eigenvalue weighted by Crippen LogP contribution is -2.42. The molecule has 0 saturated carbocycles. The quantitative estimate of drug-likeness (QED) is 0.471. The van der Waals surface area contributed by atoms with Crippen molar-refractivity contribution in [1.29, 1.82) is 0 Å². The van der Waals surface area contributed by atoms with Crippen LogP contribution >= 0.6 is 0 Å². The first-order chi connectivity index (χ1) is 13.6. The van der Waals surface area contributed by atoms with E-state index in [4.69, 9.17) is 0 Å². The molecule has 2 aliphatic rings. The molecule has 0 radical (unpaired) electrons. The van der Waals surface area contributed by atoms with Crippen molar-refractivity contribution in [2.75, 3.05) is 24.5 Å². The number of nitrogens with zero attached hydrogens (tertiary/aromatic N) is 2. The zero-order valence-electron chi connectivity index (χ0n) is 15.6. The molecule has 2 aromatic rings. The molecule has 0 bridgehead atoms. The van der Waals surface area contributed by atoms with Gasteiger partial charge in [0.15, 0.2) is 5.78 Å². The summed E-state index contributed by atoms with van der Waals surface area (Å²) in [5, 5.41) is 11.7. The van der Waals surface area contributed by atoms with Gasteiger partial charge in [-0.2, -0.15) is 0 Å². The number of hydrogen-bond donors (Lipinski definition) is 2. The molecular formula is C21H24N4O3. The number of carbonyl (C=O) groups excluding carboxylic acids is 1. The van der Waals surface area contributed by atoms with Crippen molar-refractivity contribution < 1.29 is 9.72 Å². The first-order valence-electron chi connectivity index (χ1n) is 9.75. The van der Waals surface area contributed by atoms with Gasteiger partial charge in [0, 0.05) is 42.9 Å². The van der Waals surface area contributed by atoms with Crippen LogP contribution in [0.5, 0.6) is 0 Å². The Balaban J connectivity index is 1.53. The second kappa shape index (κ2) is 8.08. The highest BCUT2D eigenvalue weighted by Gasteiger charge is 2.31. The first kappa shape index (κ1) is 18.6. The summed E-state index contributed by atoms with van der Waals surface area (Å²) in [6, 6.07) is 14.2. The first-order valence-corrected chi connectivity index (χ1v) is 9.75. The zero-order chi connectivity index (χ0) is 19.5. The Morgan fingerprint density at radius 2 is 1.79 bits per heavy atom. The number of nitrogens with one attached hydrogen (secondary N) is 2. The van der Waals surface area contributed by atoms with E-state index in [0.29, 0.717) is 28.8 Å².